The van der Waals surface area contributed by atoms with Crippen LogP contribution in [0.1, 0.15) is 30.9 Å². The van der Waals surface area contributed by atoms with Crippen molar-refractivity contribution in [1.82, 2.24) is 9.80 Å². The Bertz CT molecular complexity index is 757. The fraction of sp³-hybridized carbons (Fsp3) is 0.550. The number of rotatable bonds is 7. The molecule has 1 aromatic carbocycles. The van der Waals surface area contributed by atoms with E-state index in [1.807, 2.05) is 6.07 Å². The van der Waals surface area contributed by atoms with Crippen molar-refractivity contribution in [2.45, 2.75) is 25.3 Å². The second-order valence-corrected chi connectivity index (χ2v) is 7.52. The van der Waals surface area contributed by atoms with Crippen LogP contribution in [0.5, 0.6) is 0 Å². The molecule has 2 saturated heterocycles. The fourth-order valence-electron chi connectivity index (χ4n) is 4.40. The van der Waals surface area contributed by atoms with Gasteiger partial charge in [0.25, 0.3) is 0 Å². The van der Waals surface area contributed by atoms with Crippen molar-refractivity contribution in [2.24, 2.45) is 17.6 Å². The van der Waals surface area contributed by atoms with E-state index in [9.17, 15) is 18.8 Å². The number of methoxy groups -OCH3 is 1. The predicted octanol–water partition coefficient (Wildman–Crippen LogP) is 1.09. The van der Waals surface area contributed by atoms with E-state index < -0.39 is 5.91 Å². The molecule has 28 heavy (non-hydrogen) atoms. The Balaban J connectivity index is 1.75. The van der Waals surface area contributed by atoms with Crippen LogP contribution in [-0.2, 0) is 19.1 Å². The lowest BCUT2D eigenvalue weighted by Crippen LogP contribution is -2.38. The van der Waals surface area contributed by atoms with E-state index in [1.54, 1.807) is 15.9 Å². The number of likely N-dealkylation sites (tertiary alicyclic amines) is 2. The zero-order chi connectivity index (χ0) is 20.3. The topological polar surface area (TPSA) is 92.9 Å². The van der Waals surface area contributed by atoms with Crippen molar-refractivity contribution in [1.29, 1.82) is 0 Å². The number of carbonyl (C=O) groups excluding carboxylic acids is 3. The minimum Gasteiger partial charge on any atom is -0.375 e. The maximum absolute atomic E-state index is 13.8. The van der Waals surface area contributed by atoms with Crippen LogP contribution < -0.4 is 5.73 Å². The molecule has 2 heterocycles. The molecule has 1 aromatic rings. The number of carbonyl (C=O) groups is 3. The molecular formula is C20H26FN3O4. The van der Waals surface area contributed by atoms with Gasteiger partial charge < -0.3 is 20.3 Å². The first-order valence-electron chi connectivity index (χ1n) is 9.50. The highest BCUT2D eigenvalue weighted by atomic mass is 19.1. The lowest BCUT2D eigenvalue weighted by molar-refractivity contribution is -0.137. The van der Waals surface area contributed by atoms with Crippen LogP contribution in [0.15, 0.2) is 24.3 Å². The number of hydrogen-bond acceptors (Lipinski definition) is 4. The van der Waals surface area contributed by atoms with Crippen molar-refractivity contribution < 1.29 is 23.5 Å². The molecule has 2 aliphatic heterocycles. The first kappa shape index (κ1) is 20.3. The van der Waals surface area contributed by atoms with E-state index in [-0.39, 0.29) is 55.0 Å². The van der Waals surface area contributed by atoms with Gasteiger partial charge in [0.05, 0.1) is 6.04 Å². The van der Waals surface area contributed by atoms with E-state index in [2.05, 4.69) is 0 Å². The molecule has 0 spiro atoms. The van der Waals surface area contributed by atoms with Crippen molar-refractivity contribution in [3.8, 4) is 0 Å². The van der Waals surface area contributed by atoms with Crippen LogP contribution in [0.3, 0.4) is 0 Å². The van der Waals surface area contributed by atoms with Crippen molar-refractivity contribution in [3.05, 3.63) is 35.6 Å². The predicted molar refractivity (Wildman–Crippen MR) is 99.3 cm³/mol. The number of halogens is 1. The second kappa shape index (κ2) is 8.68. The molecule has 0 aromatic heterocycles. The zero-order valence-electron chi connectivity index (χ0n) is 16.0. The second-order valence-electron chi connectivity index (χ2n) is 7.52. The standard InChI is InChI=1S/C20H26FN3O4/c1-28-12-19(27)24-10-14-9-23(18(26)7-3-6-17(22)25)11-16(14)20(24)13-4-2-5-15(21)8-13/h2,4-5,8,14,16,20H,3,6-7,9-12H2,1H3,(H2,22,25)/t14-,16-,20+/m1/s1. The SMILES string of the molecule is COCC(=O)N1C[C@H]2CN(C(=O)CCCC(N)=O)C[C@H]2[C@@H]1c1cccc(F)c1. The molecule has 152 valence electrons. The summed E-state index contributed by atoms with van der Waals surface area (Å²) in [5.41, 5.74) is 5.86. The van der Waals surface area contributed by atoms with Gasteiger partial charge in [-0.2, -0.15) is 0 Å². The minimum absolute atomic E-state index is 0.0107. The van der Waals surface area contributed by atoms with Gasteiger partial charge in [-0.1, -0.05) is 12.1 Å². The van der Waals surface area contributed by atoms with Gasteiger partial charge in [0.1, 0.15) is 12.4 Å². The average molecular weight is 391 g/mol. The summed E-state index contributed by atoms with van der Waals surface area (Å²) in [6, 6.07) is 6.00. The van der Waals surface area contributed by atoms with Crippen LogP contribution in [0, 0.1) is 17.7 Å². The molecule has 3 atom stereocenters. The van der Waals surface area contributed by atoms with Crippen LogP contribution in [0.2, 0.25) is 0 Å². The normalized spacial score (nSPS) is 23.7. The van der Waals surface area contributed by atoms with Gasteiger partial charge in [-0.05, 0) is 24.1 Å². The highest BCUT2D eigenvalue weighted by Gasteiger charge is 2.49. The molecule has 8 heteroatoms. The van der Waals surface area contributed by atoms with E-state index in [4.69, 9.17) is 10.5 Å². The van der Waals surface area contributed by atoms with Crippen LogP contribution in [0.4, 0.5) is 4.39 Å². The highest BCUT2D eigenvalue weighted by molar-refractivity contribution is 5.80. The Morgan fingerprint density at radius 2 is 1.96 bits per heavy atom. The van der Waals surface area contributed by atoms with Crippen molar-refractivity contribution in [2.75, 3.05) is 33.4 Å². The van der Waals surface area contributed by atoms with E-state index >= 15 is 0 Å². The average Bonchev–Trinajstić information content (AvgIpc) is 3.19. The van der Waals surface area contributed by atoms with E-state index in [1.165, 1.54) is 19.2 Å². The summed E-state index contributed by atoms with van der Waals surface area (Å²) in [5, 5.41) is 0. The summed E-state index contributed by atoms with van der Waals surface area (Å²) in [6.07, 6.45) is 0.906. The number of hydrogen-bond donors (Lipinski definition) is 1. The van der Waals surface area contributed by atoms with Crippen LogP contribution in [0.25, 0.3) is 0 Å². The molecule has 3 amide bonds. The zero-order valence-corrected chi connectivity index (χ0v) is 16.0. The molecule has 3 rings (SSSR count). The largest absolute Gasteiger partial charge is 0.375 e. The lowest BCUT2D eigenvalue weighted by Gasteiger charge is -2.30. The number of nitrogens with zero attached hydrogens (tertiary/aromatic N) is 2. The summed E-state index contributed by atoms with van der Waals surface area (Å²) in [7, 11) is 1.47. The van der Waals surface area contributed by atoms with Gasteiger partial charge in [-0.3, -0.25) is 14.4 Å². The summed E-state index contributed by atoms with van der Waals surface area (Å²) >= 11 is 0. The fourth-order valence-corrected chi connectivity index (χ4v) is 4.40. The maximum atomic E-state index is 13.8. The molecular weight excluding hydrogens is 365 g/mol. The smallest absolute Gasteiger partial charge is 0.249 e. The van der Waals surface area contributed by atoms with Gasteiger partial charge in [-0.25, -0.2) is 4.39 Å². The molecule has 2 fully saturated rings. The van der Waals surface area contributed by atoms with Gasteiger partial charge >= 0.3 is 0 Å². The van der Waals surface area contributed by atoms with Crippen LogP contribution >= 0.6 is 0 Å². The lowest BCUT2D eigenvalue weighted by atomic mass is 9.89. The van der Waals surface area contributed by atoms with Crippen molar-refractivity contribution in [3.63, 3.8) is 0 Å². The van der Waals surface area contributed by atoms with Gasteiger partial charge in [-0.15, -0.1) is 0 Å². The molecule has 2 N–H and O–H groups in total. The summed E-state index contributed by atoms with van der Waals surface area (Å²) in [6.45, 7) is 1.56. The number of benzene rings is 1. The molecule has 7 nitrogen and oxygen atoms in total. The number of nitrogens with two attached hydrogens (primary N) is 1. The number of amides is 3. The number of fused-ring (bicyclic) bond motifs is 1. The van der Waals surface area contributed by atoms with Gasteiger partial charge in [0.2, 0.25) is 17.7 Å². The van der Waals surface area contributed by atoms with Gasteiger partial charge in [0.15, 0.2) is 0 Å². The monoisotopic (exact) mass is 391 g/mol. The molecule has 0 radical (unpaired) electrons. The summed E-state index contributed by atoms with van der Waals surface area (Å²) < 4.78 is 18.8. The van der Waals surface area contributed by atoms with Crippen molar-refractivity contribution >= 4 is 17.7 Å². The third kappa shape index (κ3) is 4.32. The molecule has 0 bridgehead atoms. The minimum atomic E-state index is -0.412. The Kier molecular flexibility index (Phi) is 6.28. The summed E-state index contributed by atoms with van der Waals surface area (Å²) in [5.74, 6) is -0.729. The quantitative estimate of drug-likeness (QED) is 0.753. The van der Waals surface area contributed by atoms with Crippen LogP contribution in [-0.4, -0.2) is 60.9 Å². The number of ether oxygens (including phenoxy) is 1. The van der Waals surface area contributed by atoms with E-state index in [0.717, 1.165) is 5.56 Å². The molecule has 0 unspecified atom stereocenters. The summed E-state index contributed by atoms with van der Waals surface area (Å²) in [4.78, 5) is 39.4. The Morgan fingerprint density at radius 3 is 2.64 bits per heavy atom. The third-order valence-corrected chi connectivity index (χ3v) is 5.61. The van der Waals surface area contributed by atoms with Gasteiger partial charge in [0, 0.05) is 51.4 Å². The third-order valence-electron chi connectivity index (χ3n) is 5.61. The Labute approximate surface area is 163 Å². The Hall–Kier alpha value is -2.48. The number of primary amides is 1. The molecule has 0 aliphatic carbocycles. The first-order valence-corrected chi connectivity index (χ1v) is 9.50. The molecule has 2 aliphatic rings. The maximum Gasteiger partial charge on any atom is 0.249 e. The first-order chi connectivity index (χ1) is 13.4. The van der Waals surface area contributed by atoms with E-state index in [0.29, 0.717) is 26.1 Å². The molecule has 0 saturated carbocycles. The Morgan fingerprint density at radius 1 is 1.18 bits per heavy atom. The highest BCUT2D eigenvalue weighted by Crippen LogP contribution is 2.45.